The van der Waals surface area contributed by atoms with Gasteiger partial charge in [0.1, 0.15) is 5.75 Å². The van der Waals surface area contributed by atoms with Gasteiger partial charge in [0.05, 0.1) is 7.11 Å². The number of rotatable bonds is 3. The van der Waals surface area contributed by atoms with Crippen molar-refractivity contribution in [3.63, 3.8) is 0 Å². The number of hydrogen-bond donors (Lipinski definition) is 0. The van der Waals surface area contributed by atoms with Gasteiger partial charge in [0.2, 0.25) is 0 Å². The molecule has 13 heavy (non-hydrogen) atoms. The summed E-state index contributed by atoms with van der Waals surface area (Å²) < 4.78 is 6.02. The van der Waals surface area contributed by atoms with E-state index in [-0.39, 0.29) is 0 Å². The van der Waals surface area contributed by atoms with Crippen LogP contribution in [0, 0.1) is 0 Å². The van der Waals surface area contributed by atoms with E-state index in [1.165, 1.54) is 0 Å². The van der Waals surface area contributed by atoms with Crippen molar-refractivity contribution in [2.75, 3.05) is 7.11 Å². The summed E-state index contributed by atoms with van der Waals surface area (Å²) >= 11 is 3.36. The van der Waals surface area contributed by atoms with Gasteiger partial charge >= 0.3 is 0 Å². The van der Waals surface area contributed by atoms with Gasteiger partial charge in [0.15, 0.2) is 0 Å². The molecule has 0 unspecified atom stereocenters. The quantitative estimate of drug-likeness (QED) is 0.732. The topological polar surface area (TPSA) is 9.23 Å². The van der Waals surface area contributed by atoms with E-state index in [0.717, 1.165) is 15.8 Å². The lowest BCUT2D eigenvalue weighted by molar-refractivity contribution is 0.415. The minimum Gasteiger partial charge on any atom is -0.497 e. The highest BCUT2D eigenvalue weighted by atomic mass is 79.9. The van der Waals surface area contributed by atoms with Crippen molar-refractivity contribution >= 4 is 22.0 Å². The number of hydrogen-bond acceptors (Lipinski definition) is 1. The fraction of sp³-hybridized carbons (Fsp3) is 0.0909. The molecule has 0 spiro atoms. The van der Waals surface area contributed by atoms with Crippen molar-refractivity contribution in [2.45, 2.75) is 0 Å². The number of allylic oxidation sites excluding steroid dienone is 2. The maximum absolute atomic E-state index is 5.05. The first kappa shape index (κ1) is 10.1. The molecular weight excluding hydrogens is 228 g/mol. The zero-order valence-corrected chi connectivity index (χ0v) is 9.04. The molecule has 0 N–H and O–H groups in total. The SMILES string of the molecule is C=C/C(Br)=C/c1ccc(OC)cc1. The number of ether oxygens (including phenoxy) is 1. The zero-order chi connectivity index (χ0) is 9.68. The zero-order valence-electron chi connectivity index (χ0n) is 7.46. The van der Waals surface area contributed by atoms with Gasteiger partial charge in [-0.3, -0.25) is 0 Å². The maximum atomic E-state index is 5.05. The van der Waals surface area contributed by atoms with Crippen LogP contribution in [0.25, 0.3) is 6.08 Å². The van der Waals surface area contributed by atoms with Gasteiger partial charge in [-0.25, -0.2) is 0 Å². The van der Waals surface area contributed by atoms with Crippen LogP contribution < -0.4 is 4.74 Å². The Bertz CT molecular complexity index is 311. The molecule has 68 valence electrons. The van der Waals surface area contributed by atoms with Crippen LogP contribution in [-0.4, -0.2) is 7.11 Å². The third-order valence-corrected chi connectivity index (χ3v) is 2.17. The molecule has 0 radical (unpaired) electrons. The van der Waals surface area contributed by atoms with Crippen molar-refractivity contribution < 1.29 is 4.74 Å². The largest absolute Gasteiger partial charge is 0.497 e. The second-order valence-corrected chi connectivity index (χ2v) is 3.42. The van der Waals surface area contributed by atoms with Gasteiger partial charge in [-0.15, -0.1) is 0 Å². The Hall–Kier alpha value is -1.02. The lowest BCUT2D eigenvalue weighted by atomic mass is 10.2. The van der Waals surface area contributed by atoms with Crippen LogP contribution in [0.1, 0.15) is 5.56 Å². The first-order valence-corrected chi connectivity index (χ1v) is 4.69. The molecule has 0 aliphatic heterocycles. The highest BCUT2D eigenvalue weighted by Gasteiger charge is 1.91. The molecule has 0 fully saturated rings. The Morgan fingerprint density at radius 3 is 2.46 bits per heavy atom. The monoisotopic (exact) mass is 238 g/mol. The molecule has 0 amide bonds. The molecule has 0 aromatic heterocycles. The molecule has 0 aliphatic rings. The van der Waals surface area contributed by atoms with Gasteiger partial charge in [0.25, 0.3) is 0 Å². The average molecular weight is 239 g/mol. The van der Waals surface area contributed by atoms with Crippen LogP contribution in [0.15, 0.2) is 41.4 Å². The van der Waals surface area contributed by atoms with Gasteiger partial charge in [0, 0.05) is 4.48 Å². The van der Waals surface area contributed by atoms with Crippen LogP contribution in [0.5, 0.6) is 5.75 Å². The Kier molecular flexibility index (Phi) is 3.77. The van der Waals surface area contributed by atoms with Crippen molar-refractivity contribution in [3.05, 3.63) is 47.0 Å². The second-order valence-electron chi connectivity index (χ2n) is 2.51. The van der Waals surface area contributed by atoms with Crippen LogP contribution >= 0.6 is 15.9 Å². The fourth-order valence-electron chi connectivity index (χ4n) is 0.918. The molecule has 1 aromatic rings. The molecule has 1 rings (SSSR count). The molecule has 1 nitrogen and oxygen atoms in total. The summed E-state index contributed by atoms with van der Waals surface area (Å²) in [6.07, 6.45) is 3.75. The third-order valence-electron chi connectivity index (χ3n) is 1.62. The molecule has 0 aliphatic carbocycles. The number of halogens is 1. The van der Waals surface area contributed by atoms with E-state index in [1.807, 2.05) is 30.3 Å². The van der Waals surface area contributed by atoms with Crippen molar-refractivity contribution in [1.82, 2.24) is 0 Å². The summed E-state index contributed by atoms with van der Waals surface area (Å²) in [5.74, 6) is 0.867. The van der Waals surface area contributed by atoms with E-state index < -0.39 is 0 Å². The summed E-state index contributed by atoms with van der Waals surface area (Å²) in [7, 11) is 1.66. The summed E-state index contributed by atoms with van der Waals surface area (Å²) in [6, 6.07) is 7.83. The Balaban J connectivity index is 2.86. The molecule has 2 heteroatoms. The summed E-state index contributed by atoms with van der Waals surface area (Å²) in [6.45, 7) is 3.65. The highest BCUT2D eigenvalue weighted by molar-refractivity contribution is 9.12. The van der Waals surface area contributed by atoms with Gasteiger partial charge < -0.3 is 4.74 Å². The summed E-state index contributed by atoms with van der Waals surface area (Å²) in [4.78, 5) is 0. The second kappa shape index (κ2) is 4.87. The van der Waals surface area contributed by atoms with Crippen LogP contribution in [-0.2, 0) is 0 Å². The lowest BCUT2D eigenvalue weighted by Gasteiger charge is -1.99. The summed E-state index contributed by atoms with van der Waals surface area (Å²) in [5.41, 5.74) is 1.12. The van der Waals surface area contributed by atoms with Crippen molar-refractivity contribution in [1.29, 1.82) is 0 Å². The smallest absolute Gasteiger partial charge is 0.118 e. The van der Waals surface area contributed by atoms with Gasteiger partial charge in [-0.2, -0.15) is 0 Å². The van der Waals surface area contributed by atoms with E-state index in [9.17, 15) is 0 Å². The van der Waals surface area contributed by atoms with Crippen molar-refractivity contribution in [3.8, 4) is 5.75 Å². The Morgan fingerprint density at radius 2 is 2.00 bits per heavy atom. The van der Waals surface area contributed by atoms with Crippen LogP contribution in [0.3, 0.4) is 0 Å². The Morgan fingerprint density at radius 1 is 1.38 bits per heavy atom. The normalized spacial score (nSPS) is 11.1. The minimum absolute atomic E-state index is 0.867. The first-order chi connectivity index (χ1) is 6.26. The maximum Gasteiger partial charge on any atom is 0.118 e. The molecule has 0 saturated carbocycles. The van der Waals surface area contributed by atoms with E-state index in [4.69, 9.17) is 4.74 Å². The first-order valence-electron chi connectivity index (χ1n) is 3.90. The molecule has 0 heterocycles. The van der Waals surface area contributed by atoms with E-state index in [2.05, 4.69) is 22.5 Å². The van der Waals surface area contributed by atoms with Gasteiger partial charge in [-0.1, -0.05) is 40.7 Å². The predicted molar refractivity (Wildman–Crippen MR) is 60.1 cm³/mol. The molecule has 1 aromatic carbocycles. The minimum atomic E-state index is 0.867. The molecule has 0 bridgehead atoms. The van der Waals surface area contributed by atoms with E-state index in [0.29, 0.717) is 0 Å². The van der Waals surface area contributed by atoms with E-state index in [1.54, 1.807) is 13.2 Å². The highest BCUT2D eigenvalue weighted by Crippen LogP contribution is 2.16. The van der Waals surface area contributed by atoms with Crippen LogP contribution in [0.2, 0.25) is 0 Å². The fourth-order valence-corrected chi connectivity index (χ4v) is 1.18. The van der Waals surface area contributed by atoms with Crippen LogP contribution in [0.4, 0.5) is 0 Å². The van der Waals surface area contributed by atoms with E-state index >= 15 is 0 Å². The molecule has 0 saturated heterocycles. The average Bonchev–Trinajstić information content (AvgIpc) is 2.19. The molecular formula is C11H11BrO. The number of benzene rings is 1. The third kappa shape index (κ3) is 3.07. The summed E-state index contributed by atoms with van der Waals surface area (Å²) in [5, 5.41) is 0. The van der Waals surface area contributed by atoms with Gasteiger partial charge in [-0.05, 0) is 23.8 Å². The molecule has 0 atom stereocenters. The number of methoxy groups -OCH3 is 1. The Labute approximate surface area is 86.9 Å². The standard InChI is InChI=1S/C11H11BrO/c1-3-10(12)8-9-4-6-11(13-2)7-5-9/h3-8H,1H2,2H3/b10-8-. The predicted octanol–water partition coefficient (Wildman–Crippen LogP) is 3.62. The van der Waals surface area contributed by atoms with Crippen molar-refractivity contribution in [2.24, 2.45) is 0 Å². The lowest BCUT2D eigenvalue weighted by Crippen LogP contribution is -1.81.